The second-order valence-electron chi connectivity index (χ2n) is 17.7. The summed E-state index contributed by atoms with van der Waals surface area (Å²) in [5.74, 6) is 0. The van der Waals surface area contributed by atoms with Crippen LogP contribution in [-0.4, -0.2) is 0 Å². The minimum Gasteiger partial charge on any atom is -0.309 e. The number of anilines is 3. The number of benzene rings is 11. The van der Waals surface area contributed by atoms with E-state index < -0.39 is 0 Å². The molecule has 0 aromatic heterocycles. The van der Waals surface area contributed by atoms with Gasteiger partial charge in [-0.25, -0.2) is 0 Å². The van der Waals surface area contributed by atoms with Gasteiger partial charge in [0.05, 0.1) is 5.69 Å². The maximum Gasteiger partial charge on any atom is 0.0624 e. The Hall–Kier alpha value is -8.00. The summed E-state index contributed by atoms with van der Waals surface area (Å²) in [6.45, 7) is 4.79. The van der Waals surface area contributed by atoms with Crippen molar-refractivity contribution in [3.05, 3.63) is 248 Å². The van der Waals surface area contributed by atoms with Crippen molar-refractivity contribution >= 4 is 49.4 Å². The molecule has 0 aliphatic heterocycles. The first-order valence-electron chi connectivity index (χ1n) is 22.3. The lowest BCUT2D eigenvalue weighted by molar-refractivity contribution is 0.660. The molecule has 0 spiro atoms. The molecule has 0 unspecified atom stereocenters. The third-order valence-electron chi connectivity index (χ3n) is 13.6. The molecule has 0 atom stereocenters. The number of rotatable bonds is 7. The van der Waals surface area contributed by atoms with Gasteiger partial charge in [-0.15, -0.1) is 0 Å². The Morgan fingerprint density at radius 2 is 0.703 bits per heavy atom. The molecule has 11 aromatic rings. The second-order valence-corrected chi connectivity index (χ2v) is 17.7. The van der Waals surface area contributed by atoms with Crippen molar-refractivity contribution in [3.8, 4) is 55.6 Å². The second kappa shape index (κ2) is 15.1. The van der Waals surface area contributed by atoms with Gasteiger partial charge in [0.1, 0.15) is 0 Å². The van der Waals surface area contributed by atoms with Gasteiger partial charge in [-0.2, -0.15) is 0 Å². The summed E-state index contributed by atoms with van der Waals surface area (Å²) in [5, 5.41) is 7.35. The molecule has 0 fully saturated rings. The molecule has 1 aliphatic rings. The molecular weight excluding hydrogens is 771 g/mol. The van der Waals surface area contributed by atoms with Crippen LogP contribution in [0, 0.1) is 0 Å². The summed E-state index contributed by atoms with van der Waals surface area (Å²) in [5.41, 5.74) is 18.2. The third-order valence-corrected chi connectivity index (χ3v) is 13.6. The highest BCUT2D eigenvalue weighted by Gasteiger charge is 2.37. The average Bonchev–Trinajstić information content (AvgIpc) is 3.59. The first-order chi connectivity index (χ1) is 31.5. The van der Waals surface area contributed by atoms with E-state index in [0.717, 1.165) is 11.4 Å². The molecule has 1 heteroatoms. The number of fused-ring (bicyclic) bond motifs is 7. The lowest BCUT2D eigenvalue weighted by Crippen LogP contribution is -2.17. The average molecular weight is 816 g/mol. The highest BCUT2D eigenvalue weighted by atomic mass is 15.1. The summed E-state index contributed by atoms with van der Waals surface area (Å²) < 4.78 is 0. The van der Waals surface area contributed by atoms with E-state index in [-0.39, 0.29) is 5.41 Å². The van der Waals surface area contributed by atoms with Crippen molar-refractivity contribution in [1.82, 2.24) is 0 Å². The molecule has 64 heavy (non-hydrogen) atoms. The lowest BCUT2D eigenvalue weighted by atomic mass is 9.81. The van der Waals surface area contributed by atoms with Crippen molar-refractivity contribution in [2.45, 2.75) is 19.3 Å². The maximum atomic E-state index is 2.54. The molecule has 0 saturated carbocycles. The molecule has 0 heterocycles. The molecule has 0 N–H and O–H groups in total. The standard InChI is InChI=1S/C63H45N/c1-63(2)59-40-49(44-20-10-5-11-21-44)32-36-55(59)56-37-35-52(41-60(56)63)64(51-33-30-45(31-34-51)42-16-6-3-7-17-42)62-58-25-15-13-23-54(58)53-22-12-14-24-57(53)61(62)50-29-28-47-38-46(26-27-48(47)39-50)43-18-8-4-9-19-43/h3-41H,1-2H3. The summed E-state index contributed by atoms with van der Waals surface area (Å²) in [6, 6.07) is 87.3. The predicted molar refractivity (Wildman–Crippen MR) is 273 cm³/mol. The lowest BCUT2D eigenvalue weighted by Gasteiger charge is -2.32. The Morgan fingerprint density at radius 3 is 1.33 bits per heavy atom. The number of hydrogen-bond acceptors (Lipinski definition) is 1. The van der Waals surface area contributed by atoms with Crippen molar-refractivity contribution in [1.29, 1.82) is 0 Å². The Kier molecular flexibility index (Phi) is 8.91. The Morgan fingerprint density at radius 1 is 0.297 bits per heavy atom. The smallest absolute Gasteiger partial charge is 0.0624 e. The van der Waals surface area contributed by atoms with Gasteiger partial charge in [-0.05, 0) is 131 Å². The van der Waals surface area contributed by atoms with Gasteiger partial charge in [0.2, 0.25) is 0 Å². The quantitative estimate of drug-likeness (QED) is 0.145. The zero-order valence-corrected chi connectivity index (χ0v) is 36.0. The van der Waals surface area contributed by atoms with Crippen LogP contribution >= 0.6 is 0 Å². The molecule has 0 radical (unpaired) electrons. The summed E-state index contributed by atoms with van der Waals surface area (Å²) in [7, 11) is 0. The van der Waals surface area contributed by atoms with E-state index in [0.29, 0.717) is 0 Å². The van der Waals surface area contributed by atoms with Gasteiger partial charge in [-0.3, -0.25) is 0 Å². The fraction of sp³-hybridized carbons (Fsp3) is 0.0476. The van der Waals surface area contributed by atoms with Crippen LogP contribution in [0.15, 0.2) is 237 Å². The fourth-order valence-corrected chi connectivity index (χ4v) is 10.4. The van der Waals surface area contributed by atoms with Gasteiger partial charge >= 0.3 is 0 Å². The van der Waals surface area contributed by atoms with Gasteiger partial charge in [0.15, 0.2) is 0 Å². The predicted octanol–water partition coefficient (Wildman–Crippen LogP) is 17.6. The van der Waals surface area contributed by atoms with E-state index >= 15 is 0 Å². The van der Waals surface area contributed by atoms with E-state index in [4.69, 9.17) is 0 Å². The highest BCUT2D eigenvalue weighted by molar-refractivity contribution is 6.23. The normalized spacial score (nSPS) is 12.7. The van der Waals surface area contributed by atoms with Crippen LogP contribution in [0.25, 0.3) is 88.0 Å². The van der Waals surface area contributed by atoms with Crippen LogP contribution in [0.1, 0.15) is 25.0 Å². The van der Waals surface area contributed by atoms with Crippen LogP contribution < -0.4 is 4.90 Å². The first kappa shape index (κ1) is 37.7. The SMILES string of the molecule is CC1(C)c2cc(-c3ccccc3)ccc2-c2ccc(N(c3ccc(-c4ccccc4)cc3)c3c(-c4ccc5cc(-c6ccccc6)ccc5c4)c4ccccc4c4ccccc34)cc21. The molecule has 0 bridgehead atoms. The molecular formula is C63H45N. The van der Waals surface area contributed by atoms with Crippen LogP contribution in [0.3, 0.4) is 0 Å². The minimum absolute atomic E-state index is 0.223. The van der Waals surface area contributed by atoms with E-state index in [1.165, 1.54) is 105 Å². The van der Waals surface area contributed by atoms with Crippen molar-refractivity contribution in [2.75, 3.05) is 4.90 Å². The van der Waals surface area contributed by atoms with Gasteiger partial charge in [0.25, 0.3) is 0 Å². The highest BCUT2D eigenvalue weighted by Crippen LogP contribution is 2.54. The Bertz CT molecular complexity index is 3550. The van der Waals surface area contributed by atoms with Gasteiger partial charge < -0.3 is 4.90 Å². The zero-order chi connectivity index (χ0) is 42.8. The summed E-state index contributed by atoms with van der Waals surface area (Å²) in [6.07, 6.45) is 0. The Balaban J connectivity index is 1.10. The van der Waals surface area contributed by atoms with Crippen LogP contribution in [0.2, 0.25) is 0 Å². The zero-order valence-electron chi connectivity index (χ0n) is 36.0. The number of nitrogens with zero attached hydrogens (tertiary/aromatic N) is 1. The van der Waals surface area contributed by atoms with Crippen LogP contribution in [-0.2, 0) is 5.41 Å². The fourth-order valence-electron chi connectivity index (χ4n) is 10.4. The van der Waals surface area contributed by atoms with Gasteiger partial charge in [-0.1, -0.05) is 208 Å². The molecule has 0 amide bonds. The first-order valence-corrected chi connectivity index (χ1v) is 22.3. The van der Waals surface area contributed by atoms with Gasteiger partial charge in [0, 0.05) is 27.7 Å². The van der Waals surface area contributed by atoms with Crippen LogP contribution in [0.5, 0.6) is 0 Å². The Labute approximate surface area is 375 Å². The van der Waals surface area contributed by atoms with Crippen molar-refractivity contribution in [2.24, 2.45) is 0 Å². The minimum atomic E-state index is -0.223. The van der Waals surface area contributed by atoms with E-state index in [2.05, 4.69) is 255 Å². The van der Waals surface area contributed by atoms with Crippen molar-refractivity contribution in [3.63, 3.8) is 0 Å². The van der Waals surface area contributed by atoms with Crippen LogP contribution in [0.4, 0.5) is 17.1 Å². The monoisotopic (exact) mass is 815 g/mol. The van der Waals surface area contributed by atoms with E-state index in [9.17, 15) is 0 Å². The van der Waals surface area contributed by atoms with Crippen molar-refractivity contribution < 1.29 is 0 Å². The topological polar surface area (TPSA) is 3.24 Å². The molecule has 1 nitrogen and oxygen atoms in total. The summed E-state index contributed by atoms with van der Waals surface area (Å²) in [4.78, 5) is 2.54. The third kappa shape index (κ3) is 6.23. The largest absolute Gasteiger partial charge is 0.309 e. The van der Waals surface area contributed by atoms with E-state index in [1.54, 1.807) is 0 Å². The molecule has 12 rings (SSSR count). The maximum absolute atomic E-state index is 2.54. The summed E-state index contributed by atoms with van der Waals surface area (Å²) >= 11 is 0. The number of hydrogen-bond donors (Lipinski definition) is 0. The molecule has 302 valence electrons. The molecule has 0 saturated heterocycles. The molecule has 11 aromatic carbocycles. The molecule has 1 aliphatic carbocycles. The van der Waals surface area contributed by atoms with E-state index in [1.807, 2.05) is 0 Å².